The van der Waals surface area contributed by atoms with Crippen LogP contribution in [0.4, 0.5) is 17.1 Å². The van der Waals surface area contributed by atoms with E-state index in [0.717, 1.165) is 22.7 Å². The van der Waals surface area contributed by atoms with E-state index in [9.17, 15) is 0 Å². The second kappa shape index (κ2) is 11.2. The molecule has 0 bridgehead atoms. The lowest BCUT2D eigenvalue weighted by atomic mass is 9.82. The highest BCUT2D eigenvalue weighted by Crippen LogP contribution is 2.51. The number of rotatable bonds is 4. The van der Waals surface area contributed by atoms with Crippen LogP contribution in [0.1, 0.15) is 25.0 Å². The normalized spacial score (nSPS) is 13.2. The molecule has 1 aliphatic rings. The van der Waals surface area contributed by atoms with Gasteiger partial charge in [0.1, 0.15) is 0 Å². The van der Waals surface area contributed by atoms with Crippen molar-refractivity contribution in [1.29, 1.82) is 0 Å². The average Bonchev–Trinajstić information content (AvgIpc) is 3.67. The third-order valence-corrected chi connectivity index (χ3v) is 11.7. The maximum absolute atomic E-state index is 2.50. The van der Waals surface area contributed by atoms with E-state index < -0.39 is 0 Å². The van der Waals surface area contributed by atoms with E-state index in [1.54, 1.807) is 0 Å². The van der Waals surface area contributed by atoms with Crippen molar-refractivity contribution in [2.75, 3.05) is 4.90 Å². The summed E-state index contributed by atoms with van der Waals surface area (Å²) >= 11 is 0. The first kappa shape index (κ1) is 30.0. The van der Waals surface area contributed by atoms with Crippen molar-refractivity contribution >= 4 is 71.2 Å². The molecule has 0 saturated carbocycles. The molecule has 250 valence electrons. The van der Waals surface area contributed by atoms with Gasteiger partial charge in [0, 0.05) is 33.2 Å². The van der Waals surface area contributed by atoms with Gasteiger partial charge in [-0.2, -0.15) is 0 Å². The largest absolute Gasteiger partial charge is 0.308 e. The topological polar surface area (TPSA) is 8.17 Å². The molecule has 0 fully saturated rings. The van der Waals surface area contributed by atoms with Crippen molar-refractivity contribution in [2.24, 2.45) is 0 Å². The van der Waals surface area contributed by atoms with Crippen molar-refractivity contribution in [3.63, 3.8) is 0 Å². The van der Waals surface area contributed by atoms with Crippen molar-refractivity contribution in [1.82, 2.24) is 4.57 Å². The summed E-state index contributed by atoms with van der Waals surface area (Å²) in [6.45, 7) is 4.73. The van der Waals surface area contributed by atoms with Crippen molar-refractivity contribution < 1.29 is 0 Å². The molecule has 2 nitrogen and oxygen atoms in total. The zero-order chi connectivity index (χ0) is 35.3. The minimum absolute atomic E-state index is 0.126. The Bertz CT molecular complexity index is 3090. The third-order valence-electron chi connectivity index (χ3n) is 11.7. The van der Waals surface area contributed by atoms with Crippen LogP contribution in [0, 0.1) is 0 Å². The number of benzene rings is 9. The molecule has 1 aliphatic carbocycles. The summed E-state index contributed by atoms with van der Waals surface area (Å²) in [4.78, 5) is 2.50. The number of nitrogens with zero attached hydrogens (tertiary/aromatic N) is 2. The van der Waals surface area contributed by atoms with Gasteiger partial charge < -0.3 is 9.47 Å². The Hall–Kier alpha value is -6.64. The average molecular weight is 677 g/mol. The molecule has 11 rings (SSSR count). The van der Waals surface area contributed by atoms with Gasteiger partial charge in [0.05, 0.1) is 16.7 Å². The van der Waals surface area contributed by atoms with Crippen LogP contribution in [0.5, 0.6) is 0 Å². The van der Waals surface area contributed by atoms with E-state index in [2.05, 4.69) is 205 Å². The van der Waals surface area contributed by atoms with Crippen molar-refractivity contribution in [2.45, 2.75) is 19.3 Å². The number of hydrogen-bond acceptors (Lipinski definition) is 1. The lowest BCUT2D eigenvalue weighted by Crippen LogP contribution is -2.17. The van der Waals surface area contributed by atoms with Crippen LogP contribution in [0.3, 0.4) is 0 Å². The fourth-order valence-corrected chi connectivity index (χ4v) is 9.23. The molecular formula is C51H36N2. The highest BCUT2D eigenvalue weighted by molar-refractivity contribution is 6.18. The van der Waals surface area contributed by atoms with Crippen LogP contribution < -0.4 is 4.90 Å². The summed E-state index contributed by atoms with van der Waals surface area (Å²) in [5.74, 6) is 0. The molecule has 1 aromatic heterocycles. The number of para-hydroxylation sites is 3. The standard InChI is InChI=1S/C51H36N2/c1-51(2)46-20-10-8-17-41(46)42-30-27-37(32-47(42)51)52(36-26-23-34-25-28-39-38-16-7-6-13-33(38)24-29-40(39)45(34)31-36)49-22-12-19-44-43-18-9-11-21-48(43)53(50(44)49)35-14-4-3-5-15-35/h3-32H,1-2H3. The molecule has 0 atom stereocenters. The summed E-state index contributed by atoms with van der Waals surface area (Å²) in [6, 6.07) is 67.3. The molecule has 9 aromatic carbocycles. The summed E-state index contributed by atoms with van der Waals surface area (Å²) < 4.78 is 2.45. The Morgan fingerprint density at radius 1 is 0.415 bits per heavy atom. The van der Waals surface area contributed by atoms with Crippen molar-refractivity contribution in [3.05, 3.63) is 193 Å². The molecule has 1 heterocycles. The minimum atomic E-state index is -0.126. The minimum Gasteiger partial charge on any atom is -0.308 e. The van der Waals surface area contributed by atoms with Crippen LogP contribution in [0.25, 0.3) is 70.9 Å². The van der Waals surface area contributed by atoms with E-state index in [1.165, 1.54) is 76.4 Å². The van der Waals surface area contributed by atoms with E-state index >= 15 is 0 Å². The molecule has 0 spiro atoms. The first-order chi connectivity index (χ1) is 26.1. The highest BCUT2D eigenvalue weighted by Gasteiger charge is 2.36. The molecule has 0 radical (unpaired) electrons. The van der Waals surface area contributed by atoms with E-state index in [1.807, 2.05) is 0 Å². The summed E-state index contributed by atoms with van der Waals surface area (Å²) in [7, 11) is 0. The van der Waals surface area contributed by atoms with Gasteiger partial charge in [0.25, 0.3) is 0 Å². The van der Waals surface area contributed by atoms with Crippen LogP contribution >= 0.6 is 0 Å². The maximum Gasteiger partial charge on any atom is 0.0782 e. The number of anilines is 3. The molecule has 0 unspecified atom stereocenters. The summed E-state index contributed by atoms with van der Waals surface area (Å²) in [6.07, 6.45) is 0. The number of hydrogen-bond donors (Lipinski definition) is 0. The van der Waals surface area contributed by atoms with Gasteiger partial charge in [-0.25, -0.2) is 0 Å². The SMILES string of the molecule is CC1(C)c2ccccc2-c2ccc(N(c3ccc4ccc5c6ccccc6ccc5c4c3)c3cccc4c5ccccc5n(-c5ccccc5)c34)cc21. The molecule has 0 amide bonds. The van der Waals surface area contributed by atoms with Gasteiger partial charge in [0.15, 0.2) is 0 Å². The Labute approximate surface area is 308 Å². The maximum atomic E-state index is 2.50. The monoisotopic (exact) mass is 676 g/mol. The molecule has 2 heteroatoms. The van der Waals surface area contributed by atoms with Crippen molar-refractivity contribution in [3.8, 4) is 16.8 Å². The quantitative estimate of drug-likeness (QED) is 0.168. The summed E-state index contributed by atoms with van der Waals surface area (Å²) in [5, 5.41) is 10.1. The Morgan fingerprint density at radius 3 is 1.91 bits per heavy atom. The van der Waals surface area contributed by atoms with E-state index in [0.29, 0.717) is 0 Å². The van der Waals surface area contributed by atoms with Crippen LogP contribution in [-0.4, -0.2) is 4.57 Å². The molecule has 10 aromatic rings. The molecule has 0 saturated heterocycles. The lowest BCUT2D eigenvalue weighted by Gasteiger charge is -2.29. The fraction of sp³-hybridized carbons (Fsp3) is 0.0588. The smallest absolute Gasteiger partial charge is 0.0782 e. The third kappa shape index (κ3) is 4.33. The van der Waals surface area contributed by atoms with E-state index in [-0.39, 0.29) is 5.41 Å². The van der Waals surface area contributed by atoms with Gasteiger partial charge in [-0.3, -0.25) is 0 Å². The molecule has 0 N–H and O–H groups in total. The van der Waals surface area contributed by atoms with E-state index in [4.69, 9.17) is 0 Å². The highest BCUT2D eigenvalue weighted by atomic mass is 15.2. The predicted molar refractivity (Wildman–Crippen MR) is 226 cm³/mol. The van der Waals surface area contributed by atoms with Crippen LogP contribution in [0.2, 0.25) is 0 Å². The lowest BCUT2D eigenvalue weighted by molar-refractivity contribution is 0.660. The molecule has 0 aliphatic heterocycles. The van der Waals surface area contributed by atoms with Crippen LogP contribution in [0.15, 0.2) is 182 Å². The Kier molecular flexibility index (Phi) is 6.33. The van der Waals surface area contributed by atoms with Gasteiger partial charge >= 0.3 is 0 Å². The van der Waals surface area contributed by atoms with Gasteiger partial charge in [-0.1, -0.05) is 147 Å². The number of aromatic nitrogens is 1. The predicted octanol–water partition coefficient (Wildman–Crippen LogP) is 14.0. The van der Waals surface area contributed by atoms with Crippen LogP contribution in [-0.2, 0) is 5.41 Å². The van der Waals surface area contributed by atoms with Gasteiger partial charge in [-0.05, 0) is 103 Å². The molecule has 53 heavy (non-hydrogen) atoms. The molecular weight excluding hydrogens is 641 g/mol. The zero-order valence-corrected chi connectivity index (χ0v) is 29.7. The van der Waals surface area contributed by atoms with Gasteiger partial charge in [0.2, 0.25) is 0 Å². The Morgan fingerprint density at radius 2 is 1.04 bits per heavy atom. The van der Waals surface area contributed by atoms with Gasteiger partial charge in [-0.15, -0.1) is 0 Å². The fourth-order valence-electron chi connectivity index (χ4n) is 9.23. The summed E-state index contributed by atoms with van der Waals surface area (Å²) in [5.41, 5.74) is 12.2. The Balaban J connectivity index is 1.23. The second-order valence-corrected chi connectivity index (χ2v) is 15.0. The number of fused-ring (bicyclic) bond motifs is 11. The first-order valence-corrected chi connectivity index (χ1v) is 18.5. The zero-order valence-electron chi connectivity index (χ0n) is 29.7. The first-order valence-electron chi connectivity index (χ1n) is 18.5. The second-order valence-electron chi connectivity index (χ2n) is 15.0.